The molecular weight excluding hydrogens is 150 g/mol. The molecule has 1 amide bonds. The summed E-state index contributed by atoms with van der Waals surface area (Å²) < 4.78 is 4.65. The third kappa shape index (κ3) is 1.42. The van der Waals surface area contributed by atoms with E-state index in [1.807, 2.05) is 0 Å². The lowest BCUT2D eigenvalue weighted by Gasteiger charge is -2.08. The molecule has 5 nitrogen and oxygen atoms in total. The number of carboxylic acids is 1. The van der Waals surface area contributed by atoms with Gasteiger partial charge in [-0.15, -0.1) is 0 Å². The van der Waals surface area contributed by atoms with Crippen LogP contribution in [0.5, 0.6) is 0 Å². The number of hydrogen-bond acceptors (Lipinski definition) is 3. The first-order valence-electron chi connectivity index (χ1n) is 3.35. The average Bonchev–Trinajstić information content (AvgIpc) is 2.30. The van der Waals surface area contributed by atoms with E-state index in [-0.39, 0.29) is 0 Å². The largest absolute Gasteiger partial charge is 0.480 e. The molecule has 0 spiro atoms. The van der Waals surface area contributed by atoms with Crippen LogP contribution in [0.4, 0.5) is 4.79 Å². The summed E-state index contributed by atoms with van der Waals surface area (Å²) in [6.45, 7) is 1.76. The lowest BCUT2D eigenvalue weighted by Crippen LogP contribution is -2.38. The molecule has 5 heteroatoms. The minimum atomic E-state index is -1.05. The van der Waals surface area contributed by atoms with Crippen LogP contribution in [0.2, 0.25) is 0 Å². The van der Waals surface area contributed by atoms with Crippen molar-refractivity contribution in [3.8, 4) is 0 Å². The fraction of sp³-hybridized carbons (Fsp3) is 0.667. The number of rotatable bonds is 2. The highest BCUT2D eigenvalue weighted by atomic mass is 16.6. The summed E-state index contributed by atoms with van der Waals surface area (Å²) in [5.74, 6) is -1.05. The van der Waals surface area contributed by atoms with Gasteiger partial charge in [0.15, 0.2) is 6.04 Å². The Labute approximate surface area is 63.3 Å². The van der Waals surface area contributed by atoms with Gasteiger partial charge in [0.2, 0.25) is 0 Å². The maximum atomic E-state index is 10.5. The van der Waals surface area contributed by atoms with Gasteiger partial charge in [-0.1, -0.05) is 6.92 Å². The minimum absolute atomic E-state index is 0.510. The molecule has 11 heavy (non-hydrogen) atoms. The van der Waals surface area contributed by atoms with Gasteiger partial charge in [0, 0.05) is 0 Å². The summed E-state index contributed by atoms with van der Waals surface area (Å²) >= 11 is 0. The quantitative estimate of drug-likeness (QED) is 0.592. The average molecular weight is 159 g/mol. The number of carbonyl (C=O) groups excluding carboxylic acids is 1. The van der Waals surface area contributed by atoms with Gasteiger partial charge in [-0.2, -0.15) is 0 Å². The van der Waals surface area contributed by atoms with Gasteiger partial charge in [-0.3, -0.25) is 0 Å². The van der Waals surface area contributed by atoms with E-state index < -0.39 is 24.2 Å². The van der Waals surface area contributed by atoms with E-state index in [9.17, 15) is 9.59 Å². The second kappa shape index (κ2) is 2.77. The molecule has 1 rings (SSSR count). The van der Waals surface area contributed by atoms with E-state index >= 15 is 0 Å². The van der Waals surface area contributed by atoms with Gasteiger partial charge in [-0.25, -0.2) is 9.59 Å². The smallest absolute Gasteiger partial charge is 0.408 e. The van der Waals surface area contributed by atoms with Gasteiger partial charge in [-0.05, 0) is 6.42 Å². The lowest BCUT2D eigenvalue weighted by atomic mass is 10.1. The second-order valence-corrected chi connectivity index (χ2v) is 2.31. The molecule has 0 bridgehead atoms. The Morgan fingerprint density at radius 1 is 1.82 bits per heavy atom. The summed E-state index contributed by atoms with van der Waals surface area (Å²) in [5, 5.41) is 10.7. The van der Waals surface area contributed by atoms with Gasteiger partial charge >= 0.3 is 12.1 Å². The van der Waals surface area contributed by atoms with Crippen LogP contribution < -0.4 is 5.32 Å². The van der Waals surface area contributed by atoms with E-state index in [0.29, 0.717) is 6.42 Å². The molecule has 0 aromatic heterocycles. The highest BCUT2D eigenvalue weighted by molar-refractivity contribution is 5.83. The fourth-order valence-electron chi connectivity index (χ4n) is 0.999. The summed E-state index contributed by atoms with van der Waals surface area (Å²) in [4.78, 5) is 21.0. The lowest BCUT2D eigenvalue weighted by molar-refractivity contribution is -0.140. The van der Waals surface area contributed by atoms with Crippen molar-refractivity contribution >= 4 is 12.1 Å². The maximum absolute atomic E-state index is 10.5. The third-order valence-corrected chi connectivity index (χ3v) is 1.57. The Morgan fingerprint density at radius 2 is 2.45 bits per heavy atom. The van der Waals surface area contributed by atoms with Crippen molar-refractivity contribution in [3.05, 3.63) is 0 Å². The van der Waals surface area contributed by atoms with Crippen LogP contribution in [-0.4, -0.2) is 29.3 Å². The predicted molar refractivity (Wildman–Crippen MR) is 35.1 cm³/mol. The van der Waals surface area contributed by atoms with Crippen molar-refractivity contribution in [1.29, 1.82) is 0 Å². The summed E-state index contributed by atoms with van der Waals surface area (Å²) in [7, 11) is 0. The van der Waals surface area contributed by atoms with Crippen LogP contribution >= 0.6 is 0 Å². The molecule has 1 saturated heterocycles. The molecule has 1 fully saturated rings. The Morgan fingerprint density at radius 3 is 2.82 bits per heavy atom. The first kappa shape index (κ1) is 7.84. The normalized spacial score (nSPS) is 29.4. The third-order valence-electron chi connectivity index (χ3n) is 1.57. The van der Waals surface area contributed by atoms with E-state index in [0.717, 1.165) is 0 Å². The molecule has 0 radical (unpaired) electrons. The Bertz CT molecular complexity index is 191. The second-order valence-electron chi connectivity index (χ2n) is 2.31. The van der Waals surface area contributed by atoms with Crippen molar-refractivity contribution in [2.45, 2.75) is 25.5 Å². The minimum Gasteiger partial charge on any atom is -0.480 e. The highest BCUT2D eigenvalue weighted by Crippen LogP contribution is 2.11. The van der Waals surface area contributed by atoms with Crippen LogP contribution in [0.15, 0.2) is 0 Å². The predicted octanol–water partition coefficient (Wildman–Crippen LogP) is -0.0420. The number of hydrogen-bond donors (Lipinski definition) is 2. The molecule has 0 saturated carbocycles. The zero-order chi connectivity index (χ0) is 8.43. The molecule has 0 unspecified atom stereocenters. The van der Waals surface area contributed by atoms with Crippen LogP contribution in [-0.2, 0) is 9.53 Å². The fourth-order valence-corrected chi connectivity index (χ4v) is 0.999. The number of cyclic esters (lactones) is 1. The van der Waals surface area contributed by atoms with Crippen LogP contribution in [0.25, 0.3) is 0 Å². The summed E-state index contributed by atoms with van der Waals surface area (Å²) in [5.41, 5.74) is 0. The molecule has 2 N–H and O–H groups in total. The first-order chi connectivity index (χ1) is 5.15. The Kier molecular flexibility index (Phi) is 1.98. The van der Waals surface area contributed by atoms with Gasteiger partial charge in [0.1, 0.15) is 6.10 Å². The van der Waals surface area contributed by atoms with Crippen molar-refractivity contribution in [2.75, 3.05) is 0 Å². The molecule has 0 aromatic rings. The number of carboxylic acid groups (broad SMARTS) is 1. The number of ether oxygens (including phenoxy) is 1. The van der Waals surface area contributed by atoms with E-state index in [4.69, 9.17) is 5.11 Å². The van der Waals surface area contributed by atoms with Crippen LogP contribution in [0.1, 0.15) is 13.3 Å². The van der Waals surface area contributed by atoms with Gasteiger partial charge in [0.25, 0.3) is 0 Å². The van der Waals surface area contributed by atoms with Crippen molar-refractivity contribution in [2.24, 2.45) is 0 Å². The SMILES string of the molecule is CC[C@@H]1OC(=O)N[C@H]1C(=O)O. The zero-order valence-corrected chi connectivity index (χ0v) is 6.03. The number of nitrogens with one attached hydrogen (secondary N) is 1. The molecular formula is C6H9NO4. The van der Waals surface area contributed by atoms with E-state index in [1.165, 1.54) is 0 Å². The van der Waals surface area contributed by atoms with Crippen molar-refractivity contribution < 1.29 is 19.4 Å². The van der Waals surface area contributed by atoms with E-state index in [1.54, 1.807) is 6.92 Å². The highest BCUT2D eigenvalue weighted by Gasteiger charge is 2.37. The number of amides is 1. The molecule has 1 heterocycles. The number of carbonyl (C=O) groups is 2. The van der Waals surface area contributed by atoms with Crippen LogP contribution in [0, 0.1) is 0 Å². The van der Waals surface area contributed by atoms with E-state index in [2.05, 4.69) is 10.1 Å². The first-order valence-corrected chi connectivity index (χ1v) is 3.35. The summed E-state index contributed by atoms with van der Waals surface area (Å²) in [6.07, 6.45) is -0.667. The molecule has 1 aliphatic heterocycles. The van der Waals surface area contributed by atoms with Crippen LogP contribution in [0.3, 0.4) is 0 Å². The van der Waals surface area contributed by atoms with Crippen molar-refractivity contribution in [1.82, 2.24) is 5.32 Å². The van der Waals surface area contributed by atoms with Gasteiger partial charge in [0.05, 0.1) is 0 Å². The zero-order valence-electron chi connectivity index (χ0n) is 6.03. The number of aliphatic carboxylic acids is 1. The molecule has 2 atom stereocenters. The molecule has 0 aliphatic carbocycles. The van der Waals surface area contributed by atoms with Crippen molar-refractivity contribution in [3.63, 3.8) is 0 Å². The van der Waals surface area contributed by atoms with Gasteiger partial charge < -0.3 is 15.2 Å². The summed E-state index contributed by atoms with van der Waals surface area (Å²) in [6, 6.07) is -0.882. The molecule has 62 valence electrons. The number of alkyl carbamates (subject to hydrolysis) is 1. The molecule has 0 aromatic carbocycles. The molecule has 1 aliphatic rings. The standard InChI is InChI=1S/C6H9NO4/c1-2-3-4(5(8)9)7-6(10)11-3/h3-4H,2H2,1H3,(H,7,10)(H,8,9)/t3-,4+/m0/s1. The maximum Gasteiger partial charge on any atom is 0.408 e. The topological polar surface area (TPSA) is 75.6 Å². The Hall–Kier alpha value is -1.26. The Balaban J connectivity index is 2.64. The monoisotopic (exact) mass is 159 g/mol.